The Morgan fingerprint density at radius 3 is 2.70 bits per heavy atom. The van der Waals surface area contributed by atoms with Crippen molar-refractivity contribution in [2.45, 2.75) is 6.92 Å². The van der Waals surface area contributed by atoms with Gasteiger partial charge >= 0.3 is 0 Å². The highest BCUT2D eigenvalue weighted by Gasteiger charge is 2.20. The van der Waals surface area contributed by atoms with Crippen LogP contribution in [-0.4, -0.2) is 12.5 Å². The Labute approximate surface area is 121 Å². The van der Waals surface area contributed by atoms with Gasteiger partial charge in [-0.3, -0.25) is 4.79 Å². The Kier molecular flexibility index (Phi) is 4.25. The van der Waals surface area contributed by atoms with Crippen molar-refractivity contribution in [2.75, 3.05) is 17.2 Å². The van der Waals surface area contributed by atoms with Crippen LogP contribution in [0.25, 0.3) is 0 Å². The molecule has 5 heteroatoms. The van der Waals surface area contributed by atoms with Crippen LogP contribution in [0.4, 0.5) is 15.8 Å². The van der Waals surface area contributed by atoms with Gasteiger partial charge in [0, 0.05) is 22.9 Å². The largest absolute Gasteiger partial charge is 0.399 e. The molecule has 20 heavy (non-hydrogen) atoms. The van der Waals surface area contributed by atoms with E-state index in [1.807, 2.05) is 6.92 Å². The highest BCUT2D eigenvalue weighted by molar-refractivity contribution is 6.31. The molecule has 0 spiro atoms. The number of halogens is 2. The summed E-state index contributed by atoms with van der Waals surface area (Å²) in [6, 6.07) is 10.8. The first-order valence-electron chi connectivity index (χ1n) is 6.15. The summed E-state index contributed by atoms with van der Waals surface area (Å²) in [5.74, 6) is -1.04. The molecule has 0 unspecified atom stereocenters. The summed E-state index contributed by atoms with van der Waals surface area (Å²) in [5.41, 5.74) is 6.82. The van der Waals surface area contributed by atoms with Gasteiger partial charge < -0.3 is 10.6 Å². The second kappa shape index (κ2) is 5.92. The van der Waals surface area contributed by atoms with Crippen molar-refractivity contribution in [1.82, 2.24) is 0 Å². The molecule has 3 nitrogen and oxygen atoms in total. The molecule has 104 valence electrons. The molecule has 0 heterocycles. The number of nitrogens with zero attached hydrogens (tertiary/aromatic N) is 1. The number of rotatable bonds is 3. The summed E-state index contributed by atoms with van der Waals surface area (Å²) in [4.78, 5) is 13.9. The minimum atomic E-state index is -0.596. The molecule has 0 radical (unpaired) electrons. The standard InChI is InChI=1S/C15H14ClFN2O/c1-2-19(12-5-3-4-11(18)9-12)15(20)13-8-10(16)6-7-14(13)17/h3-9H,2,18H2,1H3. The Morgan fingerprint density at radius 1 is 1.30 bits per heavy atom. The quantitative estimate of drug-likeness (QED) is 0.876. The summed E-state index contributed by atoms with van der Waals surface area (Å²) in [7, 11) is 0. The van der Waals surface area contributed by atoms with Gasteiger partial charge in [-0.1, -0.05) is 17.7 Å². The summed E-state index contributed by atoms with van der Waals surface area (Å²) >= 11 is 5.82. The van der Waals surface area contributed by atoms with Crippen LogP contribution < -0.4 is 10.6 Å². The lowest BCUT2D eigenvalue weighted by atomic mass is 10.1. The number of hydrogen-bond donors (Lipinski definition) is 1. The maximum absolute atomic E-state index is 13.8. The summed E-state index contributed by atoms with van der Waals surface area (Å²) in [5, 5.41) is 0.318. The highest BCUT2D eigenvalue weighted by Crippen LogP contribution is 2.22. The van der Waals surface area contributed by atoms with E-state index >= 15 is 0 Å². The van der Waals surface area contributed by atoms with Gasteiger partial charge in [0.15, 0.2) is 0 Å². The molecule has 0 aliphatic carbocycles. The fraction of sp³-hybridized carbons (Fsp3) is 0.133. The molecule has 0 bridgehead atoms. The molecule has 0 aliphatic rings. The second-order valence-electron chi connectivity index (χ2n) is 4.27. The van der Waals surface area contributed by atoms with Gasteiger partial charge in [-0.2, -0.15) is 0 Å². The van der Waals surface area contributed by atoms with Crippen LogP contribution in [0, 0.1) is 5.82 Å². The Morgan fingerprint density at radius 2 is 2.05 bits per heavy atom. The van der Waals surface area contributed by atoms with Crippen LogP contribution in [0.2, 0.25) is 5.02 Å². The lowest BCUT2D eigenvalue weighted by Gasteiger charge is -2.21. The highest BCUT2D eigenvalue weighted by atomic mass is 35.5. The second-order valence-corrected chi connectivity index (χ2v) is 4.71. The van der Waals surface area contributed by atoms with Crippen LogP contribution >= 0.6 is 11.6 Å². The number of carbonyl (C=O) groups excluding carboxylic acids is 1. The summed E-state index contributed by atoms with van der Waals surface area (Å²) in [6.45, 7) is 2.21. The lowest BCUT2D eigenvalue weighted by molar-refractivity contribution is 0.0984. The van der Waals surface area contributed by atoms with E-state index in [2.05, 4.69) is 0 Å². The molecule has 0 aliphatic heterocycles. The molecular weight excluding hydrogens is 279 g/mol. The first kappa shape index (κ1) is 14.3. The van der Waals surface area contributed by atoms with E-state index in [9.17, 15) is 9.18 Å². The Bertz CT molecular complexity index is 646. The minimum absolute atomic E-state index is 0.0539. The van der Waals surface area contributed by atoms with E-state index in [-0.39, 0.29) is 5.56 Å². The zero-order chi connectivity index (χ0) is 14.7. The third-order valence-corrected chi connectivity index (χ3v) is 3.14. The molecule has 1 amide bonds. The molecule has 2 aromatic carbocycles. The predicted molar refractivity (Wildman–Crippen MR) is 79.6 cm³/mol. The first-order chi connectivity index (χ1) is 9.52. The van der Waals surface area contributed by atoms with E-state index < -0.39 is 11.7 Å². The van der Waals surface area contributed by atoms with Crippen LogP contribution in [0.5, 0.6) is 0 Å². The minimum Gasteiger partial charge on any atom is -0.399 e. The molecule has 0 saturated heterocycles. The normalized spacial score (nSPS) is 10.3. The number of nitrogen functional groups attached to an aromatic ring is 1. The molecule has 2 rings (SSSR count). The van der Waals surface area contributed by atoms with E-state index in [1.165, 1.54) is 23.1 Å². The molecule has 0 aromatic heterocycles. The van der Waals surface area contributed by atoms with Gasteiger partial charge in [0.2, 0.25) is 0 Å². The van der Waals surface area contributed by atoms with Crippen molar-refractivity contribution >= 4 is 28.9 Å². The van der Waals surface area contributed by atoms with Gasteiger partial charge in [-0.15, -0.1) is 0 Å². The average Bonchev–Trinajstić information content (AvgIpc) is 2.42. The van der Waals surface area contributed by atoms with Crippen molar-refractivity contribution < 1.29 is 9.18 Å². The van der Waals surface area contributed by atoms with Crippen molar-refractivity contribution in [3.63, 3.8) is 0 Å². The fourth-order valence-corrected chi connectivity index (χ4v) is 2.12. The Balaban J connectivity index is 2.41. The number of carbonyl (C=O) groups is 1. The third kappa shape index (κ3) is 2.91. The monoisotopic (exact) mass is 292 g/mol. The number of nitrogens with two attached hydrogens (primary N) is 1. The van der Waals surface area contributed by atoms with Gasteiger partial charge in [-0.25, -0.2) is 4.39 Å². The average molecular weight is 293 g/mol. The van der Waals surface area contributed by atoms with E-state index in [1.54, 1.807) is 24.3 Å². The van der Waals surface area contributed by atoms with Crippen LogP contribution in [0.15, 0.2) is 42.5 Å². The van der Waals surface area contributed by atoms with Crippen molar-refractivity contribution in [3.05, 3.63) is 58.9 Å². The third-order valence-electron chi connectivity index (χ3n) is 2.90. The van der Waals surface area contributed by atoms with Crippen molar-refractivity contribution in [2.24, 2.45) is 0 Å². The smallest absolute Gasteiger partial charge is 0.261 e. The first-order valence-corrected chi connectivity index (χ1v) is 6.53. The van der Waals surface area contributed by atoms with Crippen molar-refractivity contribution in [3.8, 4) is 0 Å². The molecule has 0 fully saturated rings. The van der Waals surface area contributed by atoms with Gasteiger partial charge in [-0.05, 0) is 43.3 Å². The fourth-order valence-electron chi connectivity index (χ4n) is 1.94. The number of benzene rings is 2. The molecule has 2 N–H and O–H groups in total. The molecule has 2 aromatic rings. The van der Waals surface area contributed by atoms with Crippen LogP contribution in [0.1, 0.15) is 17.3 Å². The topological polar surface area (TPSA) is 46.3 Å². The summed E-state index contributed by atoms with van der Waals surface area (Å²) < 4.78 is 13.8. The van der Waals surface area contributed by atoms with Gasteiger partial charge in [0.05, 0.1) is 5.56 Å². The zero-order valence-corrected chi connectivity index (χ0v) is 11.7. The SMILES string of the molecule is CCN(C(=O)c1cc(Cl)ccc1F)c1cccc(N)c1. The zero-order valence-electron chi connectivity index (χ0n) is 10.9. The Hall–Kier alpha value is -2.07. The van der Waals surface area contributed by atoms with Gasteiger partial charge in [0.1, 0.15) is 5.82 Å². The number of hydrogen-bond acceptors (Lipinski definition) is 2. The maximum Gasteiger partial charge on any atom is 0.261 e. The van der Waals surface area contributed by atoms with E-state index in [0.29, 0.717) is 22.9 Å². The van der Waals surface area contributed by atoms with Crippen molar-refractivity contribution in [1.29, 1.82) is 0 Å². The maximum atomic E-state index is 13.8. The van der Waals surface area contributed by atoms with E-state index in [0.717, 1.165) is 0 Å². The lowest BCUT2D eigenvalue weighted by Crippen LogP contribution is -2.31. The summed E-state index contributed by atoms with van der Waals surface area (Å²) in [6.07, 6.45) is 0. The van der Waals surface area contributed by atoms with Crippen LogP contribution in [0.3, 0.4) is 0 Å². The van der Waals surface area contributed by atoms with Gasteiger partial charge in [0.25, 0.3) is 5.91 Å². The number of amides is 1. The predicted octanol–water partition coefficient (Wildman–Crippen LogP) is 3.73. The van der Waals surface area contributed by atoms with Crippen LogP contribution in [-0.2, 0) is 0 Å². The number of anilines is 2. The molecular formula is C15H14ClFN2O. The molecule has 0 atom stereocenters. The van der Waals surface area contributed by atoms with E-state index in [4.69, 9.17) is 17.3 Å². The molecule has 0 saturated carbocycles.